The van der Waals surface area contributed by atoms with Gasteiger partial charge in [-0.3, -0.25) is 19.0 Å². The lowest BCUT2D eigenvalue weighted by Crippen LogP contribution is -2.58. The fraction of sp³-hybridized carbons (Fsp3) is 0.500. The molecule has 2 heterocycles. The van der Waals surface area contributed by atoms with Gasteiger partial charge >= 0.3 is 11.7 Å². The second kappa shape index (κ2) is 14.8. The number of nitrogens with zero attached hydrogens (tertiary/aromatic N) is 3. The van der Waals surface area contributed by atoms with Crippen LogP contribution in [0.2, 0.25) is 0 Å². The van der Waals surface area contributed by atoms with E-state index < -0.39 is 35.4 Å². The second-order valence-corrected chi connectivity index (χ2v) is 10.2. The normalized spacial score (nSPS) is 14.7. The summed E-state index contributed by atoms with van der Waals surface area (Å²) in [6.07, 6.45) is 4.66. The van der Waals surface area contributed by atoms with Crippen LogP contribution in [0.1, 0.15) is 45.1 Å². The van der Waals surface area contributed by atoms with Crippen molar-refractivity contribution >= 4 is 29.4 Å². The molecule has 12 heteroatoms. The Kier molecular flexibility index (Phi) is 11.2. The maximum Gasteiger partial charge on any atom is 0.349 e. The number of rotatable bonds is 12. The summed E-state index contributed by atoms with van der Waals surface area (Å²) in [5, 5.41) is 8.09. The van der Waals surface area contributed by atoms with Gasteiger partial charge in [-0.25, -0.2) is 14.6 Å². The Balaban J connectivity index is 1.65. The molecule has 0 bridgehead atoms. The first-order valence-corrected chi connectivity index (χ1v) is 13.7. The molecule has 0 radical (unpaired) electrons. The summed E-state index contributed by atoms with van der Waals surface area (Å²) in [5.41, 5.74) is 6.06. The van der Waals surface area contributed by atoms with Crippen molar-refractivity contribution in [3.63, 3.8) is 0 Å². The molecule has 2 atom stereocenters. The SMILES string of the molecule is CC(C)[C@H](NC(=O)N1CCCCC1)C(=O)N[C@@H](Cc1ccccc1)C(=O)C(=O)NCCCn1c(N)ccnc1=O. The zero-order valence-electron chi connectivity index (χ0n) is 23.1. The highest BCUT2D eigenvalue weighted by Crippen LogP contribution is 2.11. The second-order valence-electron chi connectivity index (χ2n) is 10.2. The summed E-state index contributed by atoms with van der Waals surface area (Å²) in [6.45, 7) is 5.20. The van der Waals surface area contributed by atoms with E-state index in [1.165, 1.54) is 16.8 Å². The average molecular weight is 554 g/mol. The van der Waals surface area contributed by atoms with Gasteiger partial charge in [0.2, 0.25) is 11.7 Å². The molecule has 12 nitrogen and oxygen atoms in total. The Morgan fingerprint density at radius 3 is 2.35 bits per heavy atom. The van der Waals surface area contributed by atoms with Crippen LogP contribution >= 0.6 is 0 Å². The molecule has 40 heavy (non-hydrogen) atoms. The molecular weight excluding hydrogens is 514 g/mol. The van der Waals surface area contributed by atoms with Crippen LogP contribution < -0.4 is 27.4 Å². The number of piperidine rings is 1. The maximum absolute atomic E-state index is 13.3. The number of hydrogen-bond acceptors (Lipinski definition) is 7. The van der Waals surface area contributed by atoms with E-state index in [-0.39, 0.29) is 37.3 Å². The van der Waals surface area contributed by atoms with E-state index in [1.807, 2.05) is 19.9 Å². The van der Waals surface area contributed by atoms with Gasteiger partial charge in [-0.05, 0) is 43.2 Å². The molecule has 216 valence electrons. The van der Waals surface area contributed by atoms with Gasteiger partial charge in [-0.15, -0.1) is 0 Å². The van der Waals surface area contributed by atoms with Crippen molar-refractivity contribution in [1.29, 1.82) is 0 Å². The predicted octanol–water partition coefficient (Wildman–Crippen LogP) is 0.849. The van der Waals surface area contributed by atoms with Gasteiger partial charge in [-0.1, -0.05) is 44.2 Å². The van der Waals surface area contributed by atoms with E-state index in [1.54, 1.807) is 29.2 Å². The van der Waals surface area contributed by atoms with Crippen molar-refractivity contribution in [2.75, 3.05) is 25.4 Å². The molecule has 5 N–H and O–H groups in total. The van der Waals surface area contributed by atoms with Crippen LogP contribution in [0.4, 0.5) is 10.6 Å². The molecule has 3 rings (SSSR count). The number of urea groups is 1. The van der Waals surface area contributed by atoms with E-state index >= 15 is 0 Å². The van der Waals surface area contributed by atoms with E-state index in [0.717, 1.165) is 24.8 Å². The highest BCUT2D eigenvalue weighted by molar-refractivity contribution is 6.38. The highest BCUT2D eigenvalue weighted by atomic mass is 16.2. The van der Waals surface area contributed by atoms with Crippen molar-refractivity contribution in [2.45, 2.75) is 64.6 Å². The van der Waals surface area contributed by atoms with Crippen LogP contribution in [-0.4, -0.2) is 69.8 Å². The van der Waals surface area contributed by atoms with Gasteiger partial charge < -0.3 is 26.6 Å². The number of ketones is 1. The van der Waals surface area contributed by atoms with Crippen LogP contribution in [0.25, 0.3) is 0 Å². The molecule has 0 unspecified atom stereocenters. The molecule has 1 aliphatic rings. The zero-order valence-corrected chi connectivity index (χ0v) is 23.1. The summed E-state index contributed by atoms with van der Waals surface area (Å²) in [6, 6.07) is 8.21. The van der Waals surface area contributed by atoms with Gasteiger partial charge in [-0.2, -0.15) is 0 Å². The van der Waals surface area contributed by atoms with Crippen LogP contribution in [0, 0.1) is 5.92 Å². The molecule has 1 aliphatic heterocycles. The fourth-order valence-electron chi connectivity index (χ4n) is 4.53. The summed E-state index contributed by atoms with van der Waals surface area (Å²) in [7, 11) is 0. The van der Waals surface area contributed by atoms with Gasteiger partial charge in [0.1, 0.15) is 17.9 Å². The minimum Gasteiger partial charge on any atom is -0.385 e. The number of likely N-dealkylation sites (tertiary alicyclic amines) is 1. The van der Waals surface area contributed by atoms with Crippen molar-refractivity contribution < 1.29 is 19.2 Å². The summed E-state index contributed by atoms with van der Waals surface area (Å²) in [5.74, 6) is -2.20. The number of anilines is 1. The van der Waals surface area contributed by atoms with Crippen LogP contribution in [0.15, 0.2) is 47.4 Å². The Labute approximate surface area is 233 Å². The van der Waals surface area contributed by atoms with E-state index in [0.29, 0.717) is 19.5 Å². The Bertz CT molecular complexity index is 1230. The smallest absolute Gasteiger partial charge is 0.349 e. The fourth-order valence-corrected chi connectivity index (χ4v) is 4.53. The maximum atomic E-state index is 13.3. The third kappa shape index (κ3) is 8.65. The molecule has 1 fully saturated rings. The van der Waals surface area contributed by atoms with Crippen LogP contribution in [0.5, 0.6) is 0 Å². The predicted molar refractivity (Wildman–Crippen MR) is 150 cm³/mol. The van der Waals surface area contributed by atoms with Gasteiger partial charge in [0.25, 0.3) is 5.91 Å². The number of amides is 4. The number of carbonyl (C=O) groups excluding carboxylic acids is 4. The van der Waals surface area contributed by atoms with Crippen molar-refractivity contribution in [3.05, 3.63) is 58.6 Å². The molecule has 4 amide bonds. The monoisotopic (exact) mass is 553 g/mol. The minimum absolute atomic E-state index is 0.103. The number of nitrogens with one attached hydrogen (secondary N) is 3. The van der Waals surface area contributed by atoms with Crippen molar-refractivity contribution in [2.24, 2.45) is 5.92 Å². The standard InChI is InChI=1S/C28H39N7O5/c1-19(2)23(33-28(40)34-15-7-4-8-16-34)25(37)32-21(18-20-10-5-3-6-11-20)24(36)26(38)30-13-9-17-35-22(29)12-14-31-27(35)39/h3,5-6,10-12,14,19,21,23H,4,7-9,13,15-18,29H2,1-2H3,(H,30,38)(H,32,37)(H,33,40)/t21-,23-/m0/s1. The quantitative estimate of drug-likeness (QED) is 0.223. The molecule has 1 aromatic carbocycles. The van der Waals surface area contributed by atoms with Crippen LogP contribution in [0.3, 0.4) is 0 Å². The molecule has 0 saturated carbocycles. The lowest BCUT2D eigenvalue weighted by molar-refractivity contribution is -0.140. The molecule has 2 aromatic rings. The Hall–Kier alpha value is -4.22. The third-order valence-corrected chi connectivity index (χ3v) is 6.83. The number of hydrogen-bond donors (Lipinski definition) is 4. The Morgan fingerprint density at radius 2 is 1.70 bits per heavy atom. The molecule has 1 aromatic heterocycles. The zero-order chi connectivity index (χ0) is 29.1. The first-order valence-electron chi connectivity index (χ1n) is 13.7. The van der Waals surface area contributed by atoms with Gasteiger partial charge in [0.05, 0.1) is 0 Å². The first-order chi connectivity index (χ1) is 19.2. The van der Waals surface area contributed by atoms with Crippen LogP contribution in [-0.2, 0) is 27.3 Å². The largest absolute Gasteiger partial charge is 0.385 e. The molecule has 1 saturated heterocycles. The van der Waals surface area contributed by atoms with E-state index in [4.69, 9.17) is 5.73 Å². The van der Waals surface area contributed by atoms with E-state index in [2.05, 4.69) is 20.9 Å². The highest BCUT2D eigenvalue weighted by Gasteiger charge is 2.32. The lowest BCUT2D eigenvalue weighted by atomic mass is 9.99. The number of aromatic nitrogens is 2. The third-order valence-electron chi connectivity index (χ3n) is 6.83. The number of nitrogens with two attached hydrogens (primary N) is 1. The topological polar surface area (TPSA) is 169 Å². The van der Waals surface area contributed by atoms with Crippen molar-refractivity contribution in [1.82, 2.24) is 30.4 Å². The molecular formula is C28H39N7O5. The number of Topliss-reactive ketones (excluding diaryl/α,β-unsaturated/α-hetero) is 1. The van der Waals surface area contributed by atoms with E-state index in [9.17, 15) is 24.0 Å². The minimum atomic E-state index is -1.14. The number of nitrogen functional groups attached to an aromatic ring is 1. The Morgan fingerprint density at radius 1 is 1.00 bits per heavy atom. The molecule has 0 aliphatic carbocycles. The lowest BCUT2D eigenvalue weighted by Gasteiger charge is -2.30. The van der Waals surface area contributed by atoms with Gasteiger partial charge in [0, 0.05) is 38.8 Å². The number of carbonyl (C=O) groups is 4. The van der Waals surface area contributed by atoms with Crippen molar-refractivity contribution in [3.8, 4) is 0 Å². The summed E-state index contributed by atoms with van der Waals surface area (Å²) < 4.78 is 1.27. The molecule has 0 spiro atoms. The number of benzene rings is 1. The first kappa shape index (κ1) is 30.3. The van der Waals surface area contributed by atoms with Gasteiger partial charge in [0.15, 0.2) is 0 Å². The summed E-state index contributed by atoms with van der Waals surface area (Å²) >= 11 is 0. The summed E-state index contributed by atoms with van der Waals surface area (Å²) in [4.78, 5) is 69.4. The average Bonchev–Trinajstić information content (AvgIpc) is 2.95.